The Bertz CT molecular complexity index is 226. The lowest BCUT2D eigenvalue weighted by Gasteiger charge is -2.47. The van der Waals surface area contributed by atoms with Crippen LogP contribution in [0.1, 0.15) is 46.5 Å². The van der Waals surface area contributed by atoms with Gasteiger partial charge in [-0.05, 0) is 48.3 Å². The third-order valence-corrected chi connectivity index (χ3v) is 5.39. The van der Waals surface area contributed by atoms with E-state index in [1.807, 2.05) is 0 Å². The van der Waals surface area contributed by atoms with E-state index in [1.54, 1.807) is 0 Å². The van der Waals surface area contributed by atoms with Gasteiger partial charge in [-0.3, -0.25) is 0 Å². The topological polar surface area (TPSA) is 0 Å². The van der Waals surface area contributed by atoms with Crippen molar-refractivity contribution in [2.45, 2.75) is 46.5 Å². The minimum Gasteiger partial charge on any atom is -0.103 e. The minimum atomic E-state index is 0.539. The molecule has 0 amide bonds. The monoisotopic (exact) mass is 178 g/mol. The zero-order chi connectivity index (χ0) is 9.69. The van der Waals surface area contributed by atoms with Gasteiger partial charge >= 0.3 is 0 Å². The van der Waals surface area contributed by atoms with Gasteiger partial charge in [0.05, 0.1) is 0 Å². The second-order valence-corrected chi connectivity index (χ2v) is 5.84. The Balaban J connectivity index is 2.32. The van der Waals surface area contributed by atoms with Gasteiger partial charge in [-0.1, -0.05) is 26.8 Å². The van der Waals surface area contributed by atoms with Crippen molar-refractivity contribution in [2.75, 3.05) is 0 Å². The molecule has 2 saturated carbocycles. The van der Waals surface area contributed by atoms with Crippen LogP contribution in [-0.4, -0.2) is 0 Å². The highest BCUT2D eigenvalue weighted by Gasteiger charge is 2.59. The van der Waals surface area contributed by atoms with Crippen molar-refractivity contribution < 1.29 is 0 Å². The van der Waals surface area contributed by atoms with Crippen molar-refractivity contribution in [3.63, 3.8) is 0 Å². The van der Waals surface area contributed by atoms with Gasteiger partial charge in [-0.15, -0.1) is 6.58 Å². The standard InChI is InChI=1S/C13H22/c1-5-8-13(4)11-7-6-10(9-11)12(13,2)3/h5,10-11H,1,6-9H2,2-4H3. The molecule has 0 spiro atoms. The maximum absolute atomic E-state index is 3.92. The number of rotatable bonds is 2. The molecule has 3 atom stereocenters. The molecule has 0 radical (unpaired) electrons. The molecule has 0 aliphatic heterocycles. The van der Waals surface area contributed by atoms with Crippen LogP contribution in [0.2, 0.25) is 0 Å². The summed E-state index contributed by atoms with van der Waals surface area (Å²) in [6.07, 6.45) is 7.77. The van der Waals surface area contributed by atoms with Gasteiger partial charge in [0.25, 0.3) is 0 Å². The van der Waals surface area contributed by atoms with Crippen molar-refractivity contribution in [3.8, 4) is 0 Å². The van der Waals surface area contributed by atoms with E-state index in [4.69, 9.17) is 0 Å². The van der Waals surface area contributed by atoms with Gasteiger partial charge < -0.3 is 0 Å². The summed E-state index contributed by atoms with van der Waals surface area (Å²) in [4.78, 5) is 0. The maximum Gasteiger partial charge on any atom is -0.0209 e. The molecular formula is C13H22. The summed E-state index contributed by atoms with van der Waals surface area (Å²) >= 11 is 0. The van der Waals surface area contributed by atoms with Crippen molar-refractivity contribution in [1.29, 1.82) is 0 Å². The highest BCUT2D eigenvalue weighted by atomic mass is 14.6. The Morgan fingerprint density at radius 1 is 1.23 bits per heavy atom. The summed E-state index contributed by atoms with van der Waals surface area (Å²) in [6.45, 7) is 11.3. The fourth-order valence-corrected chi connectivity index (χ4v) is 3.94. The largest absolute Gasteiger partial charge is 0.103 e. The van der Waals surface area contributed by atoms with Crippen LogP contribution < -0.4 is 0 Å². The molecule has 2 aliphatic carbocycles. The summed E-state index contributed by atoms with van der Waals surface area (Å²) in [6, 6.07) is 0. The van der Waals surface area contributed by atoms with Gasteiger partial charge in [0.1, 0.15) is 0 Å². The van der Waals surface area contributed by atoms with Gasteiger partial charge in [0, 0.05) is 0 Å². The highest BCUT2D eigenvalue weighted by molar-refractivity contribution is 5.10. The second kappa shape index (κ2) is 2.62. The molecule has 0 nitrogen and oxygen atoms in total. The van der Waals surface area contributed by atoms with Gasteiger partial charge in [0.15, 0.2) is 0 Å². The normalized spacial score (nSPS) is 46.7. The predicted octanol–water partition coefficient (Wildman–Crippen LogP) is 4.02. The molecule has 2 fully saturated rings. The quantitative estimate of drug-likeness (QED) is 0.560. The lowest BCUT2D eigenvalue weighted by atomic mass is 9.57. The van der Waals surface area contributed by atoms with Crippen LogP contribution in [0.25, 0.3) is 0 Å². The molecule has 2 rings (SSSR count). The van der Waals surface area contributed by atoms with Crippen LogP contribution in [0.5, 0.6) is 0 Å². The summed E-state index contributed by atoms with van der Waals surface area (Å²) in [5.74, 6) is 1.97. The van der Waals surface area contributed by atoms with Crippen molar-refractivity contribution in [1.82, 2.24) is 0 Å². The number of hydrogen-bond donors (Lipinski definition) is 0. The number of fused-ring (bicyclic) bond motifs is 2. The first-order chi connectivity index (χ1) is 6.02. The van der Waals surface area contributed by atoms with Crippen LogP contribution in [0.4, 0.5) is 0 Å². The lowest BCUT2D eigenvalue weighted by Crippen LogP contribution is -2.40. The van der Waals surface area contributed by atoms with Crippen LogP contribution >= 0.6 is 0 Å². The first kappa shape index (κ1) is 9.30. The first-order valence-corrected chi connectivity index (χ1v) is 5.63. The predicted molar refractivity (Wildman–Crippen MR) is 57.5 cm³/mol. The van der Waals surface area contributed by atoms with Crippen molar-refractivity contribution >= 4 is 0 Å². The molecule has 0 aromatic rings. The molecular weight excluding hydrogens is 156 g/mol. The average molecular weight is 178 g/mol. The fourth-order valence-electron chi connectivity index (χ4n) is 3.94. The van der Waals surface area contributed by atoms with E-state index in [1.165, 1.54) is 25.7 Å². The number of hydrogen-bond acceptors (Lipinski definition) is 0. The van der Waals surface area contributed by atoms with Gasteiger partial charge in [-0.2, -0.15) is 0 Å². The minimum absolute atomic E-state index is 0.539. The van der Waals surface area contributed by atoms with E-state index in [0.29, 0.717) is 10.8 Å². The molecule has 0 heterocycles. The number of allylic oxidation sites excluding steroid dienone is 1. The Labute approximate surface area is 82.4 Å². The first-order valence-electron chi connectivity index (χ1n) is 5.63. The van der Waals surface area contributed by atoms with E-state index in [-0.39, 0.29) is 0 Å². The Morgan fingerprint density at radius 3 is 2.31 bits per heavy atom. The van der Waals surface area contributed by atoms with Crippen molar-refractivity contribution in [2.24, 2.45) is 22.7 Å². The fraction of sp³-hybridized carbons (Fsp3) is 0.846. The third kappa shape index (κ3) is 0.978. The highest BCUT2D eigenvalue weighted by Crippen LogP contribution is 2.67. The second-order valence-electron chi connectivity index (χ2n) is 5.84. The molecule has 3 unspecified atom stereocenters. The Hall–Kier alpha value is -0.260. The Morgan fingerprint density at radius 2 is 1.85 bits per heavy atom. The summed E-state index contributed by atoms with van der Waals surface area (Å²) in [7, 11) is 0. The van der Waals surface area contributed by atoms with E-state index >= 15 is 0 Å². The molecule has 0 saturated heterocycles. The van der Waals surface area contributed by atoms with Crippen LogP contribution in [0, 0.1) is 22.7 Å². The third-order valence-electron chi connectivity index (χ3n) is 5.39. The molecule has 2 aliphatic rings. The molecule has 2 bridgehead atoms. The van der Waals surface area contributed by atoms with Gasteiger partial charge in [0.2, 0.25) is 0 Å². The van der Waals surface area contributed by atoms with E-state index < -0.39 is 0 Å². The molecule has 74 valence electrons. The van der Waals surface area contributed by atoms with E-state index in [0.717, 1.165) is 11.8 Å². The van der Waals surface area contributed by atoms with Crippen LogP contribution in [0.15, 0.2) is 12.7 Å². The molecule has 0 heteroatoms. The van der Waals surface area contributed by atoms with Crippen LogP contribution in [-0.2, 0) is 0 Å². The molecule has 0 aromatic carbocycles. The van der Waals surface area contributed by atoms with E-state index in [9.17, 15) is 0 Å². The maximum atomic E-state index is 3.92. The zero-order valence-corrected chi connectivity index (χ0v) is 9.27. The lowest BCUT2D eigenvalue weighted by molar-refractivity contribution is 0.0238. The average Bonchev–Trinajstić information content (AvgIpc) is 2.56. The molecule has 13 heavy (non-hydrogen) atoms. The van der Waals surface area contributed by atoms with Crippen molar-refractivity contribution in [3.05, 3.63) is 12.7 Å². The van der Waals surface area contributed by atoms with Gasteiger partial charge in [-0.25, -0.2) is 0 Å². The molecule has 0 N–H and O–H groups in total. The molecule has 0 aromatic heterocycles. The summed E-state index contributed by atoms with van der Waals surface area (Å²) < 4.78 is 0. The Kier molecular flexibility index (Phi) is 1.87. The summed E-state index contributed by atoms with van der Waals surface area (Å²) in [5.41, 5.74) is 1.09. The summed E-state index contributed by atoms with van der Waals surface area (Å²) in [5, 5.41) is 0. The van der Waals surface area contributed by atoms with Crippen LogP contribution in [0.3, 0.4) is 0 Å². The van der Waals surface area contributed by atoms with E-state index in [2.05, 4.69) is 33.4 Å². The smallest absolute Gasteiger partial charge is 0.0209 e. The SMILES string of the molecule is C=CCC1(C)C2CCC(C2)C1(C)C. The zero-order valence-electron chi connectivity index (χ0n) is 9.27.